The number of nitro groups is 1. The highest BCUT2D eigenvalue weighted by Crippen LogP contribution is 2.21. The highest BCUT2D eigenvalue weighted by atomic mass is 35.5. The van der Waals surface area contributed by atoms with E-state index in [-0.39, 0.29) is 11.6 Å². The first-order valence-corrected chi connectivity index (χ1v) is 5.72. The van der Waals surface area contributed by atoms with E-state index in [1.54, 1.807) is 0 Å². The van der Waals surface area contributed by atoms with Crippen LogP contribution in [0.3, 0.4) is 0 Å². The molecule has 0 unspecified atom stereocenters. The minimum atomic E-state index is -0.999. The summed E-state index contributed by atoms with van der Waals surface area (Å²) in [6.07, 6.45) is 1.07. The lowest BCUT2D eigenvalue weighted by Crippen LogP contribution is -2.14. The molecule has 2 rings (SSSR count). The van der Waals surface area contributed by atoms with Crippen molar-refractivity contribution < 1.29 is 14.1 Å². The molecule has 0 saturated carbocycles. The van der Waals surface area contributed by atoms with E-state index in [9.17, 15) is 19.3 Å². The van der Waals surface area contributed by atoms with Gasteiger partial charge in [0.25, 0.3) is 5.91 Å². The van der Waals surface area contributed by atoms with Crippen LogP contribution in [0.25, 0.3) is 0 Å². The fraction of sp³-hybridized carbons (Fsp3) is 0.0909. The zero-order valence-electron chi connectivity index (χ0n) is 9.92. The van der Waals surface area contributed by atoms with Crippen molar-refractivity contribution in [1.82, 2.24) is 9.78 Å². The topological polar surface area (TPSA) is 104 Å². The molecule has 1 aromatic heterocycles. The maximum Gasteiger partial charge on any atom is 0.320 e. The summed E-state index contributed by atoms with van der Waals surface area (Å²) in [5, 5.41) is 14.7. The van der Waals surface area contributed by atoms with Crippen LogP contribution >= 0.6 is 11.6 Å². The highest BCUT2D eigenvalue weighted by molar-refractivity contribution is 6.31. The van der Waals surface area contributed by atoms with Crippen molar-refractivity contribution >= 4 is 23.2 Å². The van der Waals surface area contributed by atoms with Crippen molar-refractivity contribution in [2.75, 3.05) is 0 Å². The second kappa shape index (κ2) is 5.25. The molecule has 0 aliphatic heterocycles. The normalized spacial score (nSPS) is 10.5. The van der Waals surface area contributed by atoms with Crippen molar-refractivity contribution in [2.24, 2.45) is 5.73 Å². The van der Waals surface area contributed by atoms with Gasteiger partial charge in [-0.1, -0.05) is 17.7 Å². The predicted molar refractivity (Wildman–Crippen MR) is 67.9 cm³/mol. The summed E-state index contributed by atoms with van der Waals surface area (Å²) in [6, 6.07) is 3.74. The second-order valence-electron chi connectivity index (χ2n) is 3.92. The molecular formula is C11H8ClFN4O3. The van der Waals surface area contributed by atoms with Gasteiger partial charge >= 0.3 is 5.69 Å². The van der Waals surface area contributed by atoms with E-state index in [0.29, 0.717) is 5.56 Å². The molecule has 0 bridgehead atoms. The van der Waals surface area contributed by atoms with Crippen molar-refractivity contribution in [3.8, 4) is 0 Å². The maximum absolute atomic E-state index is 12.9. The van der Waals surface area contributed by atoms with Gasteiger partial charge in [-0.25, -0.2) is 4.39 Å². The summed E-state index contributed by atoms with van der Waals surface area (Å²) in [5.41, 5.74) is 4.59. The Morgan fingerprint density at radius 2 is 2.25 bits per heavy atom. The number of nitrogens with zero attached hydrogens (tertiary/aromatic N) is 3. The number of carbonyl (C=O) groups excluding carboxylic acids is 1. The molecule has 0 radical (unpaired) electrons. The van der Waals surface area contributed by atoms with E-state index in [1.807, 2.05) is 0 Å². The van der Waals surface area contributed by atoms with Gasteiger partial charge in [-0.15, -0.1) is 0 Å². The molecule has 104 valence electrons. The van der Waals surface area contributed by atoms with Crippen LogP contribution in [-0.2, 0) is 6.54 Å². The molecule has 1 amide bonds. The van der Waals surface area contributed by atoms with Gasteiger partial charge in [0.05, 0.1) is 11.5 Å². The lowest BCUT2D eigenvalue weighted by atomic mass is 10.2. The molecule has 0 atom stereocenters. The number of halogens is 2. The Labute approximate surface area is 116 Å². The average Bonchev–Trinajstić information content (AvgIpc) is 2.77. The Kier molecular flexibility index (Phi) is 3.66. The zero-order chi connectivity index (χ0) is 14.9. The lowest BCUT2D eigenvalue weighted by Gasteiger charge is -2.03. The van der Waals surface area contributed by atoms with Crippen molar-refractivity contribution in [3.05, 3.63) is 56.6 Å². The third kappa shape index (κ3) is 2.75. The number of benzene rings is 1. The number of primary amides is 1. The fourth-order valence-corrected chi connectivity index (χ4v) is 1.85. The molecule has 0 saturated heterocycles. The summed E-state index contributed by atoms with van der Waals surface area (Å²) in [6.45, 7) is 0.0488. The van der Waals surface area contributed by atoms with E-state index in [4.69, 9.17) is 17.3 Å². The van der Waals surface area contributed by atoms with Crippen LogP contribution in [0.1, 0.15) is 16.1 Å². The third-order valence-electron chi connectivity index (χ3n) is 2.52. The minimum Gasteiger partial charge on any atom is -0.364 e. The van der Waals surface area contributed by atoms with E-state index >= 15 is 0 Å². The molecule has 0 spiro atoms. The van der Waals surface area contributed by atoms with Crippen LogP contribution in [-0.4, -0.2) is 20.6 Å². The largest absolute Gasteiger partial charge is 0.364 e. The Balaban J connectivity index is 2.37. The predicted octanol–water partition coefficient (Wildman–Crippen LogP) is 1.73. The van der Waals surface area contributed by atoms with E-state index in [2.05, 4.69) is 5.10 Å². The van der Waals surface area contributed by atoms with Crippen LogP contribution in [0.4, 0.5) is 10.1 Å². The first-order chi connectivity index (χ1) is 9.38. The Morgan fingerprint density at radius 1 is 1.55 bits per heavy atom. The van der Waals surface area contributed by atoms with E-state index in [1.165, 1.54) is 12.1 Å². The van der Waals surface area contributed by atoms with Crippen LogP contribution in [0, 0.1) is 15.9 Å². The molecule has 2 aromatic rings. The van der Waals surface area contributed by atoms with Crippen LogP contribution in [0.2, 0.25) is 5.02 Å². The van der Waals surface area contributed by atoms with Gasteiger partial charge in [-0.3, -0.25) is 19.6 Å². The Bertz CT molecular complexity index is 669. The molecule has 1 heterocycles. The van der Waals surface area contributed by atoms with Gasteiger partial charge in [0.2, 0.25) is 5.69 Å². The smallest absolute Gasteiger partial charge is 0.320 e. The molecule has 1 aromatic carbocycles. The quantitative estimate of drug-likeness (QED) is 0.685. The van der Waals surface area contributed by atoms with Crippen LogP contribution in [0.5, 0.6) is 0 Å². The summed E-state index contributed by atoms with van der Waals surface area (Å²) in [4.78, 5) is 21.1. The zero-order valence-corrected chi connectivity index (χ0v) is 10.7. The van der Waals surface area contributed by atoms with Gasteiger partial charge in [0.15, 0.2) is 0 Å². The molecule has 0 aliphatic rings. The Hall–Kier alpha value is -2.48. The van der Waals surface area contributed by atoms with Crippen LogP contribution < -0.4 is 5.73 Å². The molecule has 0 fully saturated rings. The number of hydrogen-bond acceptors (Lipinski definition) is 4. The lowest BCUT2D eigenvalue weighted by molar-refractivity contribution is -0.385. The van der Waals surface area contributed by atoms with E-state index in [0.717, 1.165) is 16.9 Å². The minimum absolute atomic E-state index is 0.0488. The number of rotatable bonds is 4. The second-order valence-corrected chi connectivity index (χ2v) is 4.32. The third-order valence-corrected chi connectivity index (χ3v) is 2.87. The van der Waals surface area contributed by atoms with Gasteiger partial charge in [0.1, 0.15) is 12.0 Å². The summed E-state index contributed by atoms with van der Waals surface area (Å²) >= 11 is 5.84. The number of amides is 1. The molecule has 0 aliphatic carbocycles. The van der Waals surface area contributed by atoms with Gasteiger partial charge in [0, 0.05) is 5.02 Å². The van der Waals surface area contributed by atoms with Gasteiger partial charge in [-0.05, 0) is 17.7 Å². The summed E-state index contributed by atoms with van der Waals surface area (Å²) < 4.78 is 14.1. The first kappa shape index (κ1) is 13.9. The molecule has 7 nitrogen and oxygen atoms in total. The number of nitrogens with two attached hydrogens (primary N) is 1. The molecular weight excluding hydrogens is 291 g/mol. The van der Waals surface area contributed by atoms with E-state index < -0.39 is 28.0 Å². The maximum atomic E-state index is 12.9. The SMILES string of the molecule is NC(=O)c1nn(Cc2ccc(F)cc2Cl)cc1[N+](=O)[O-]. The van der Waals surface area contributed by atoms with Crippen molar-refractivity contribution in [1.29, 1.82) is 0 Å². The van der Waals surface area contributed by atoms with Crippen molar-refractivity contribution in [2.45, 2.75) is 6.54 Å². The van der Waals surface area contributed by atoms with Gasteiger partial charge in [-0.2, -0.15) is 5.10 Å². The fourth-order valence-electron chi connectivity index (χ4n) is 1.63. The van der Waals surface area contributed by atoms with Crippen molar-refractivity contribution in [3.63, 3.8) is 0 Å². The number of hydrogen-bond donors (Lipinski definition) is 1. The standard InChI is InChI=1S/C11H8ClFN4O3/c12-8-3-7(13)2-1-6(8)4-16-5-9(17(19)20)10(15-16)11(14)18/h1-3,5H,4H2,(H2,14,18). The highest BCUT2D eigenvalue weighted by Gasteiger charge is 2.23. The average molecular weight is 299 g/mol. The first-order valence-electron chi connectivity index (χ1n) is 5.34. The monoisotopic (exact) mass is 298 g/mol. The number of aromatic nitrogens is 2. The Morgan fingerprint density at radius 3 is 2.75 bits per heavy atom. The number of carbonyl (C=O) groups is 1. The van der Waals surface area contributed by atoms with Gasteiger partial charge < -0.3 is 5.73 Å². The molecule has 20 heavy (non-hydrogen) atoms. The molecule has 2 N–H and O–H groups in total. The summed E-state index contributed by atoms with van der Waals surface area (Å²) in [7, 11) is 0. The summed E-state index contributed by atoms with van der Waals surface area (Å²) in [5.74, 6) is -1.50. The molecule has 9 heteroatoms. The van der Waals surface area contributed by atoms with Crippen LogP contribution in [0.15, 0.2) is 24.4 Å².